The van der Waals surface area contributed by atoms with Gasteiger partial charge in [-0.25, -0.2) is 0 Å². The van der Waals surface area contributed by atoms with Crippen LogP contribution >= 0.6 is 11.6 Å². The molecular formula is C15H14ClN5. The van der Waals surface area contributed by atoms with Crippen molar-refractivity contribution in [2.45, 2.75) is 18.3 Å². The summed E-state index contributed by atoms with van der Waals surface area (Å²) in [6, 6.07) is 8.17. The number of nitrogens with zero attached hydrogens (tertiary/aromatic N) is 5. The molecule has 0 unspecified atom stereocenters. The van der Waals surface area contributed by atoms with E-state index >= 15 is 0 Å². The molecule has 6 heteroatoms. The predicted octanol–water partition coefficient (Wildman–Crippen LogP) is 2.59. The molecule has 0 bridgehead atoms. The molecule has 0 atom stereocenters. The number of nitriles is 1. The fourth-order valence-corrected chi connectivity index (χ4v) is 2.92. The maximum atomic E-state index is 9.66. The molecule has 3 heterocycles. The molecule has 0 radical (unpaired) electrons. The molecule has 0 aromatic carbocycles. The fraction of sp³-hybridized carbons (Fsp3) is 0.333. The zero-order valence-electron chi connectivity index (χ0n) is 11.4. The van der Waals surface area contributed by atoms with Crippen LogP contribution in [0.25, 0.3) is 0 Å². The molecule has 1 fully saturated rings. The van der Waals surface area contributed by atoms with Crippen molar-refractivity contribution >= 4 is 17.3 Å². The van der Waals surface area contributed by atoms with Gasteiger partial charge in [-0.15, -0.1) is 5.10 Å². The largest absolute Gasteiger partial charge is 0.370 e. The standard InChI is InChI=1S/C15H14ClN5/c16-14-8-13(10-19-20-14)21-6-3-15(11-17,4-7-21)12-2-1-5-18-9-12/h1-2,5,8-10H,3-4,6-7H2. The van der Waals surface area contributed by atoms with E-state index in [-0.39, 0.29) is 0 Å². The highest BCUT2D eigenvalue weighted by Gasteiger charge is 2.36. The van der Waals surface area contributed by atoms with Gasteiger partial charge in [0.15, 0.2) is 5.15 Å². The lowest BCUT2D eigenvalue weighted by molar-refractivity contribution is 0.414. The lowest BCUT2D eigenvalue weighted by atomic mass is 9.74. The average molecular weight is 300 g/mol. The third kappa shape index (κ3) is 2.67. The Kier molecular flexibility index (Phi) is 3.72. The summed E-state index contributed by atoms with van der Waals surface area (Å²) < 4.78 is 0. The van der Waals surface area contributed by atoms with Crippen LogP contribution in [0.15, 0.2) is 36.8 Å². The van der Waals surface area contributed by atoms with Crippen molar-refractivity contribution in [3.63, 3.8) is 0 Å². The van der Waals surface area contributed by atoms with Crippen LogP contribution in [0.2, 0.25) is 5.15 Å². The second-order valence-electron chi connectivity index (χ2n) is 5.16. The third-order valence-corrected chi connectivity index (χ3v) is 4.21. The van der Waals surface area contributed by atoms with E-state index in [1.54, 1.807) is 24.7 Å². The SMILES string of the molecule is N#CC1(c2cccnc2)CCN(c2cnnc(Cl)c2)CC1. The van der Waals surface area contributed by atoms with Crippen LogP contribution in [0.4, 0.5) is 5.69 Å². The summed E-state index contributed by atoms with van der Waals surface area (Å²) in [5.41, 5.74) is 1.50. The van der Waals surface area contributed by atoms with Gasteiger partial charge in [0.2, 0.25) is 0 Å². The zero-order valence-corrected chi connectivity index (χ0v) is 12.2. The Morgan fingerprint density at radius 2 is 2.10 bits per heavy atom. The second kappa shape index (κ2) is 5.66. The van der Waals surface area contributed by atoms with Crippen LogP contribution in [0.5, 0.6) is 0 Å². The molecule has 3 rings (SSSR count). The lowest BCUT2D eigenvalue weighted by Crippen LogP contribution is -2.42. The molecule has 1 saturated heterocycles. The van der Waals surface area contributed by atoms with Crippen LogP contribution < -0.4 is 4.90 Å². The smallest absolute Gasteiger partial charge is 0.153 e. The van der Waals surface area contributed by atoms with E-state index in [2.05, 4.69) is 26.2 Å². The van der Waals surface area contributed by atoms with Crippen LogP contribution in [-0.2, 0) is 5.41 Å². The van der Waals surface area contributed by atoms with Crippen LogP contribution in [-0.4, -0.2) is 28.3 Å². The molecule has 5 nitrogen and oxygen atoms in total. The zero-order chi connectivity index (χ0) is 14.7. The Bertz CT molecular complexity index is 659. The summed E-state index contributed by atoms with van der Waals surface area (Å²) >= 11 is 5.88. The highest BCUT2D eigenvalue weighted by molar-refractivity contribution is 6.29. The van der Waals surface area contributed by atoms with E-state index in [1.807, 2.05) is 12.1 Å². The summed E-state index contributed by atoms with van der Waals surface area (Å²) in [4.78, 5) is 6.33. The number of hydrogen-bond acceptors (Lipinski definition) is 5. The number of pyridine rings is 1. The highest BCUT2D eigenvalue weighted by Crippen LogP contribution is 2.36. The second-order valence-corrected chi connectivity index (χ2v) is 5.55. The summed E-state index contributed by atoms with van der Waals surface area (Å²) in [6.07, 6.45) is 6.75. The summed E-state index contributed by atoms with van der Waals surface area (Å²) in [5, 5.41) is 17.7. The maximum absolute atomic E-state index is 9.66. The number of hydrogen-bond donors (Lipinski definition) is 0. The number of halogens is 1. The summed E-state index contributed by atoms with van der Waals surface area (Å²) in [7, 11) is 0. The van der Waals surface area contributed by atoms with Crippen molar-refractivity contribution in [1.82, 2.24) is 15.2 Å². The quantitative estimate of drug-likeness (QED) is 0.852. The summed E-state index contributed by atoms with van der Waals surface area (Å²) in [6.45, 7) is 1.56. The van der Waals surface area contributed by atoms with Gasteiger partial charge in [0.1, 0.15) is 0 Å². The van der Waals surface area contributed by atoms with E-state index in [0.29, 0.717) is 5.15 Å². The molecule has 0 spiro atoms. The van der Waals surface area contributed by atoms with Gasteiger partial charge in [0.05, 0.1) is 23.4 Å². The van der Waals surface area contributed by atoms with Crippen molar-refractivity contribution in [2.24, 2.45) is 0 Å². The molecule has 0 aliphatic carbocycles. The van der Waals surface area contributed by atoms with Gasteiger partial charge in [-0.2, -0.15) is 10.4 Å². The van der Waals surface area contributed by atoms with Gasteiger partial charge in [-0.05, 0) is 24.5 Å². The van der Waals surface area contributed by atoms with E-state index < -0.39 is 5.41 Å². The van der Waals surface area contributed by atoms with E-state index in [9.17, 15) is 5.26 Å². The minimum atomic E-state index is -0.449. The minimum absolute atomic E-state index is 0.386. The molecule has 0 saturated carbocycles. The molecule has 106 valence electrons. The Hall–Kier alpha value is -2.19. The van der Waals surface area contributed by atoms with Crippen molar-refractivity contribution in [2.75, 3.05) is 18.0 Å². The van der Waals surface area contributed by atoms with Crippen LogP contribution in [0.3, 0.4) is 0 Å². The molecule has 0 N–H and O–H groups in total. The highest BCUT2D eigenvalue weighted by atomic mass is 35.5. The molecule has 2 aromatic rings. The van der Waals surface area contributed by atoms with Crippen molar-refractivity contribution in [3.8, 4) is 6.07 Å². The molecule has 1 aliphatic rings. The number of rotatable bonds is 2. The van der Waals surface area contributed by atoms with Gasteiger partial charge >= 0.3 is 0 Å². The first-order valence-electron chi connectivity index (χ1n) is 6.78. The molecular weight excluding hydrogens is 286 g/mol. The van der Waals surface area contributed by atoms with Crippen LogP contribution in [0, 0.1) is 11.3 Å². The van der Waals surface area contributed by atoms with Crippen molar-refractivity contribution in [3.05, 3.63) is 47.5 Å². The first kappa shape index (κ1) is 13.8. The van der Waals surface area contributed by atoms with Gasteiger partial charge < -0.3 is 4.90 Å². The lowest BCUT2D eigenvalue weighted by Gasteiger charge is -2.38. The number of anilines is 1. The van der Waals surface area contributed by atoms with Crippen molar-refractivity contribution < 1.29 is 0 Å². The molecule has 0 amide bonds. The first-order chi connectivity index (χ1) is 10.2. The minimum Gasteiger partial charge on any atom is -0.370 e. The average Bonchev–Trinajstić information content (AvgIpc) is 2.56. The van der Waals surface area contributed by atoms with E-state index in [0.717, 1.165) is 37.2 Å². The topological polar surface area (TPSA) is 65.7 Å². The van der Waals surface area contributed by atoms with E-state index in [4.69, 9.17) is 11.6 Å². The van der Waals surface area contributed by atoms with Crippen LogP contribution in [0.1, 0.15) is 18.4 Å². The molecule has 1 aliphatic heterocycles. The van der Waals surface area contributed by atoms with Gasteiger partial charge in [0, 0.05) is 31.5 Å². The Balaban J connectivity index is 1.79. The fourth-order valence-electron chi connectivity index (χ4n) is 2.76. The van der Waals surface area contributed by atoms with Gasteiger partial charge in [0.25, 0.3) is 0 Å². The molecule has 2 aromatic heterocycles. The number of aromatic nitrogens is 3. The third-order valence-electron chi connectivity index (χ3n) is 4.02. The predicted molar refractivity (Wildman–Crippen MR) is 80.0 cm³/mol. The van der Waals surface area contributed by atoms with Gasteiger partial charge in [-0.3, -0.25) is 4.98 Å². The van der Waals surface area contributed by atoms with Crippen molar-refractivity contribution in [1.29, 1.82) is 5.26 Å². The Morgan fingerprint density at radius 1 is 1.29 bits per heavy atom. The Morgan fingerprint density at radius 3 is 2.71 bits per heavy atom. The van der Waals surface area contributed by atoms with Gasteiger partial charge in [-0.1, -0.05) is 17.7 Å². The normalized spacial score (nSPS) is 17.2. The molecule has 21 heavy (non-hydrogen) atoms. The number of piperidine rings is 1. The Labute approximate surface area is 128 Å². The van der Waals surface area contributed by atoms with E-state index in [1.165, 1.54) is 0 Å². The summed E-state index contributed by atoms with van der Waals surface area (Å²) in [5.74, 6) is 0. The monoisotopic (exact) mass is 299 g/mol. The first-order valence-corrected chi connectivity index (χ1v) is 7.16. The maximum Gasteiger partial charge on any atom is 0.153 e.